The van der Waals surface area contributed by atoms with Gasteiger partial charge < -0.3 is 14.8 Å². The lowest BCUT2D eigenvalue weighted by molar-refractivity contribution is -0.115. The van der Waals surface area contributed by atoms with Crippen molar-refractivity contribution in [1.82, 2.24) is 9.62 Å². The summed E-state index contributed by atoms with van der Waals surface area (Å²) in [5.74, 6) is 0.744. The quantitative estimate of drug-likeness (QED) is 0.454. The molecule has 0 spiro atoms. The number of piperidine rings is 1. The fourth-order valence-electron chi connectivity index (χ4n) is 3.41. The van der Waals surface area contributed by atoms with E-state index in [1.165, 1.54) is 29.6 Å². The van der Waals surface area contributed by atoms with Crippen molar-refractivity contribution in [3.05, 3.63) is 54.1 Å². The van der Waals surface area contributed by atoms with Crippen LogP contribution in [0.3, 0.4) is 0 Å². The Balaban J connectivity index is 1.56. The third-order valence-corrected chi connectivity index (χ3v) is 7.25. The molecule has 1 heterocycles. The summed E-state index contributed by atoms with van der Waals surface area (Å²) in [5, 5.41) is 5.54. The number of hydrogen-bond acceptors (Lipinski definition) is 6. The van der Waals surface area contributed by atoms with E-state index in [1.807, 2.05) is 0 Å². The number of nitrogens with zero attached hydrogens (tertiary/aromatic N) is 1. The van der Waals surface area contributed by atoms with Crippen molar-refractivity contribution < 1.29 is 22.7 Å². The predicted octanol–water partition coefficient (Wildman–Crippen LogP) is 3.40. The Morgan fingerprint density at radius 1 is 1.00 bits per heavy atom. The van der Waals surface area contributed by atoms with Crippen LogP contribution in [-0.4, -0.2) is 51.1 Å². The van der Waals surface area contributed by atoms with Gasteiger partial charge >= 0.3 is 0 Å². The number of sulfonamides is 1. The van der Waals surface area contributed by atoms with E-state index in [2.05, 4.69) is 10.6 Å². The summed E-state index contributed by atoms with van der Waals surface area (Å²) in [7, 11) is -0.402. The Bertz CT molecular complexity index is 1130. The maximum Gasteiger partial charge on any atom is 0.250 e. The molecule has 0 atom stereocenters. The number of carbonyl (C=O) groups excluding carboxylic acids is 1. The van der Waals surface area contributed by atoms with Gasteiger partial charge in [0.15, 0.2) is 16.6 Å². The SMILES string of the molecule is COc1ccc(C=CC(=O)NC(=S)Nc2ccc(S(=O)(=O)N3CCCCC3)cc2)cc1OC. The zero-order chi connectivity index (χ0) is 23.8. The first-order valence-corrected chi connectivity index (χ1v) is 12.3. The van der Waals surface area contributed by atoms with Gasteiger partial charge in [-0.2, -0.15) is 4.31 Å². The molecule has 176 valence electrons. The highest BCUT2D eigenvalue weighted by Gasteiger charge is 2.25. The van der Waals surface area contributed by atoms with E-state index >= 15 is 0 Å². The van der Waals surface area contributed by atoms with Crippen LogP contribution in [0.2, 0.25) is 0 Å². The Kier molecular flexibility index (Phi) is 8.43. The van der Waals surface area contributed by atoms with Gasteiger partial charge in [0, 0.05) is 24.9 Å². The molecule has 10 heteroatoms. The van der Waals surface area contributed by atoms with Crippen LogP contribution in [0.4, 0.5) is 5.69 Å². The number of amides is 1. The van der Waals surface area contributed by atoms with Gasteiger partial charge in [-0.3, -0.25) is 10.1 Å². The lowest BCUT2D eigenvalue weighted by Crippen LogP contribution is -2.35. The number of methoxy groups -OCH3 is 2. The van der Waals surface area contributed by atoms with Crippen molar-refractivity contribution >= 4 is 45.0 Å². The molecular formula is C23H27N3O5S2. The molecule has 1 aliphatic rings. The summed E-state index contributed by atoms with van der Waals surface area (Å²) < 4.78 is 37.4. The molecule has 1 fully saturated rings. The van der Waals surface area contributed by atoms with E-state index in [-0.39, 0.29) is 10.0 Å². The fraction of sp³-hybridized carbons (Fsp3) is 0.304. The van der Waals surface area contributed by atoms with Crippen LogP contribution in [-0.2, 0) is 14.8 Å². The molecule has 0 saturated carbocycles. The van der Waals surface area contributed by atoms with Crippen molar-refractivity contribution in [2.45, 2.75) is 24.2 Å². The maximum absolute atomic E-state index is 12.7. The van der Waals surface area contributed by atoms with Gasteiger partial charge in [0.25, 0.3) is 0 Å². The van der Waals surface area contributed by atoms with Crippen LogP contribution >= 0.6 is 12.2 Å². The molecule has 0 aliphatic carbocycles. The van der Waals surface area contributed by atoms with Crippen molar-refractivity contribution in [2.75, 3.05) is 32.6 Å². The molecule has 0 bridgehead atoms. The topological polar surface area (TPSA) is 97.0 Å². The van der Waals surface area contributed by atoms with Gasteiger partial charge in [-0.05, 0) is 73.1 Å². The standard InChI is InChI=1S/C23H27N3O5S2/c1-30-20-12-6-17(16-21(20)31-2)7-13-22(27)25-23(32)24-18-8-10-19(11-9-18)33(28,29)26-14-4-3-5-15-26/h6-13,16H,3-5,14-15H2,1-2H3,(H2,24,25,27,32). The first kappa shape index (κ1) is 24.7. The monoisotopic (exact) mass is 489 g/mol. The molecule has 2 aromatic carbocycles. The fourth-order valence-corrected chi connectivity index (χ4v) is 5.14. The summed E-state index contributed by atoms with van der Waals surface area (Å²) in [6.45, 7) is 1.10. The highest BCUT2D eigenvalue weighted by atomic mass is 32.2. The Morgan fingerprint density at radius 2 is 1.67 bits per heavy atom. The molecule has 33 heavy (non-hydrogen) atoms. The minimum absolute atomic E-state index is 0.101. The first-order chi connectivity index (χ1) is 15.8. The smallest absolute Gasteiger partial charge is 0.250 e. The normalized spacial score (nSPS) is 14.6. The number of rotatable bonds is 7. The first-order valence-electron chi connectivity index (χ1n) is 10.5. The number of thiocarbonyl (C=S) groups is 1. The Hall–Kier alpha value is -2.95. The van der Waals surface area contributed by atoms with Crippen LogP contribution in [0.25, 0.3) is 6.08 Å². The van der Waals surface area contributed by atoms with E-state index in [1.54, 1.807) is 43.5 Å². The number of ether oxygens (including phenoxy) is 2. The number of hydrogen-bond donors (Lipinski definition) is 2. The summed E-state index contributed by atoms with van der Waals surface area (Å²) in [5.41, 5.74) is 1.33. The van der Waals surface area contributed by atoms with E-state index in [9.17, 15) is 13.2 Å². The largest absolute Gasteiger partial charge is 0.493 e. The van der Waals surface area contributed by atoms with Crippen LogP contribution < -0.4 is 20.1 Å². The molecule has 1 amide bonds. The lowest BCUT2D eigenvalue weighted by atomic mass is 10.2. The molecule has 3 rings (SSSR count). The second kappa shape index (κ2) is 11.3. The summed E-state index contributed by atoms with van der Waals surface area (Å²) in [6, 6.07) is 11.6. The molecule has 0 unspecified atom stereocenters. The molecule has 0 aromatic heterocycles. The minimum atomic E-state index is -3.49. The maximum atomic E-state index is 12.7. The molecule has 8 nitrogen and oxygen atoms in total. The van der Waals surface area contributed by atoms with E-state index in [4.69, 9.17) is 21.7 Å². The van der Waals surface area contributed by atoms with Gasteiger partial charge in [0.1, 0.15) is 0 Å². The van der Waals surface area contributed by atoms with Crippen molar-refractivity contribution in [2.24, 2.45) is 0 Å². The van der Waals surface area contributed by atoms with Crippen LogP contribution in [0, 0.1) is 0 Å². The summed E-state index contributed by atoms with van der Waals surface area (Å²) >= 11 is 5.18. The van der Waals surface area contributed by atoms with Crippen molar-refractivity contribution in [3.63, 3.8) is 0 Å². The highest BCUT2D eigenvalue weighted by Crippen LogP contribution is 2.28. The summed E-state index contributed by atoms with van der Waals surface area (Å²) in [6.07, 6.45) is 5.80. The van der Waals surface area contributed by atoms with Gasteiger partial charge in [0.05, 0.1) is 19.1 Å². The molecule has 1 saturated heterocycles. The number of carbonyl (C=O) groups is 1. The van der Waals surface area contributed by atoms with Crippen LogP contribution in [0.15, 0.2) is 53.4 Å². The average molecular weight is 490 g/mol. The zero-order valence-electron chi connectivity index (χ0n) is 18.5. The van der Waals surface area contributed by atoms with E-state index in [0.717, 1.165) is 24.8 Å². The highest BCUT2D eigenvalue weighted by molar-refractivity contribution is 7.89. The van der Waals surface area contributed by atoms with Gasteiger partial charge in [-0.15, -0.1) is 0 Å². The predicted molar refractivity (Wildman–Crippen MR) is 132 cm³/mol. The van der Waals surface area contributed by atoms with Crippen molar-refractivity contribution in [3.8, 4) is 11.5 Å². The zero-order valence-corrected chi connectivity index (χ0v) is 20.2. The molecular weight excluding hydrogens is 462 g/mol. The third-order valence-electron chi connectivity index (χ3n) is 5.14. The molecule has 1 aliphatic heterocycles. The number of nitrogens with one attached hydrogen (secondary N) is 2. The number of anilines is 1. The second-order valence-corrected chi connectivity index (χ2v) is 9.73. The average Bonchev–Trinajstić information content (AvgIpc) is 2.83. The third kappa shape index (κ3) is 6.53. The van der Waals surface area contributed by atoms with Crippen molar-refractivity contribution in [1.29, 1.82) is 0 Å². The lowest BCUT2D eigenvalue weighted by Gasteiger charge is -2.25. The molecule has 0 radical (unpaired) electrons. The van der Waals surface area contributed by atoms with Gasteiger partial charge in [0.2, 0.25) is 15.9 Å². The van der Waals surface area contributed by atoms with Crippen LogP contribution in [0.1, 0.15) is 24.8 Å². The Morgan fingerprint density at radius 3 is 2.30 bits per heavy atom. The Labute approximate surface area is 199 Å². The van der Waals surface area contributed by atoms with Crippen LogP contribution in [0.5, 0.6) is 11.5 Å². The molecule has 2 N–H and O–H groups in total. The van der Waals surface area contributed by atoms with Gasteiger partial charge in [-0.25, -0.2) is 8.42 Å². The van der Waals surface area contributed by atoms with E-state index in [0.29, 0.717) is 30.3 Å². The van der Waals surface area contributed by atoms with E-state index < -0.39 is 15.9 Å². The second-order valence-electron chi connectivity index (χ2n) is 7.38. The minimum Gasteiger partial charge on any atom is -0.493 e. The number of benzene rings is 2. The summed E-state index contributed by atoms with van der Waals surface area (Å²) in [4.78, 5) is 12.4. The molecule has 2 aromatic rings. The van der Waals surface area contributed by atoms with Gasteiger partial charge in [-0.1, -0.05) is 12.5 Å².